The van der Waals surface area contributed by atoms with E-state index < -0.39 is 20.0 Å². The molecule has 1 aliphatic heterocycles. The first kappa shape index (κ1) is 18.8. The van der Waals surface area contributed by atoms with Crippen LogP contribution in [0.5, 0.6) is 0 Å². The average molecular weight is 396 g/mol. The summed E-state index contributed by atoms with van der Waals surface area (Å²) in [5.74, 6) is 0. The van der Waals surface area contributed by atoms with E-state index in [4.69, 9.17) is 4.74 Å². The molecule has 140 valence electrons. The molecule has 0 atom stereocenters. The molecular formula is C17H20N2O5S2. The van der Waals surface area contributed by atoms with Crippen molar-refractivity contribution in [2.75, 3.05) is 31.0 Å². The van der Waals surface area contributed by atoms with E-state index in [-0.39, 0.29) is 28.6 Å². The minimum Gasteiger partial charge on any atom is -0.379 e. The van der Waals surface area contributed by atoms with Gasteiger partial charge in [-0.3, -0.25) is 4.72 Å². The molecule has 1 N–H and O–H groups in total. The highest BCUT2D eigenvalue weighted by atomic mass is 32.2. The lowest BCUT2D eigenvalue weighted by Crippen LogP contribution is -2.40. The van der Waals surface area contributed by atoms with Gasteiger partial charge in [0.25, 0.3) is 10.0 Å². The molecule has 9 heteroatoms. The normalized spacial score (nSPS) is 16.3. The maximum absolute atomic E-state index is 12.9. The van der Waals surface area contributed by atoms with Gasteiger partial charge in [0.15, 0.2) is 0 Å². The molecule has 26 heavy (non-hydrogen) atoms. The van der Waals surface area contributed by atoms with Crippen LogP contribution in [-0.2, 0) is 24.8 Å². The van der Waals surface area contributed by atoms with Gasteiger partial charge >= 0.3 is 0 Å². The van der Waals surface area contributed by atoms with Gasteiger partial charge in [-0.05, 0) is 31.2 Å². The first-order valence-electron chi connectivity index (χ1n) is 8.07. The molecule has 0 radical (unpaired) electrons. The first-order chi connectivity index (χ1) is 12.3. The minimum absolute atomic E-state index is 0.0274. The van der Waals surface area contributed by atoms with Crippen LogP contribution in [0.1, 0.15) is 5.56 Å². The summed E-state index contributed by atoms with van der Waals surface area (Å²) in [5.41, 5.74) is 0.957. The Morgan fingerprint density at radius 1 is 0.923 bits per heavy atom. The van der Waals surface area contributed by atoms with Crippen molar-refractivity contribution in [3.05, 3.63) is 54.1 Å². The van der Waals surface area contributed by atoms with E-state index in [0.717, 1.165) is 5.56 Å². The van der Waals surface area contributed by atoms with Gasteiger partial charge in [-0.2, -0.15) is 4.31 Å². The highest BCUT2D eigenvalue weighted by Gasteiger charge is 2.29. The van der Waals surface area contributed by atoms with Crippen LogP contribution in [0.3, 0.4) is 0 Å². The lowest BCUT2D eigenvalue weighted by molar-refractivity contribution is 0.0730. The van der Waals surface area contributed by atoms with E-state index in [1.165, 1.54) is 28.6 Å². The summed E-state index contributed by atoms with van der Waals surface area (Å²) in [4.78, 5) is -0.000685. The molecule has 0 aliphatic carbocycles. The lowest BCUT2D eigenvalue weighted by Gasteiger charge is -2.27. The molecule has 1 heterocycles. The number of hydrogen-bond donors (Lipinski definition) is 1. The van der Waals surface area contributed by atoms with E-state index in [1.807, 2.05) is 6.92 Å². The summed E-state index contributed by atoms with van der Waals surface area (Å²) in [6.45, 7) is 2.96. The van der Waals surface area contributed by atoms with Gasteiger partial charge in [-0.1, -0.05) is 29.8 Å². The number of hydrogen-bond acceptors (Lipinski definition) is 5. The van der Waals surface area contributed by atoms with Crippen LogP contribution < -0.4 is 4.72 Å². The fourth-order valence-electron chi connectivity index (χ4n) is 2.62. The van der Waals surface area contributed by atoms with Crippen LogP contribution in [0.4, 0.5) is 5.69 Å². The predicted octanol–water partition coefficient (Wildman–Crippen LogP) is 1.82. The monoisotopic (exact) mass is 396 g/mol. The van der Waals surface area contributed by atoms with Crippen molar-refractivity contribution in [1.29, 1.82) is 0 Å². The summed E-state index contributed by atoms with van der Waals surface area (Å²) in [7, 11) is -7.73. The van der Waals surface area contributed by atoms with E-state index in [1.54, 1.807) is 24.3 Å². The Hall–Kier alpha value is -1.94. The number of ether oxygens (including phenoxy) is 1. The molecule has 7 nitrogen and oxygen atoms in total. The van der Waals surface area contributed by atoms with Crippen LogP contribution in [0.25, 0.3) is 0 Å². The molecule has 3 rings (SSSR count). The third-order valence-electron chi connectivity index (χ3n) is 4.05. The summed E-state index contributed by atoms with van der Waals surface area (Å²) >= 11 is 0. The van der Waals surface area contributed by atoms with Gasteiger partial charge in [0.2, 0.25) is 10.0 Å². The number of nitrogens with zero attached hydrogens (tertiary/aromatic N) is 1. The van der Waals surface area contributed by atoms with Gasteiger partial charge < -0.3 is 4.74 Å². The third-order valence-corrected chi connectivity index (χ3v) is 7.39. The Balaban J connectivity index is 1.96. The topological polar surface area (TPSA) is 92.8 Å². The van der Waals surface area contributed by atoms with Crippen molar-refractivity contribution < 1.29 is 21.6 Å². The van der Waals surface area contributed by atoms with Crippen molar-refractivity contribution >= 4 is 25.7 Å². The van der Waals surface area contributed by atoms with Crippen molar-refractivity contribution in [2.24, 2.45) is 0 Å². The third kappa shape index (κ3) is 3.90. The molecule has 1 aliphatic rings. The molecule has 0 unspecified atom stereocenters. The molecule has 0 bridgehead atoms. The van der Waals surface area contributed by atoms with Crippen LogP contribution in [0.15, 0.2) is 58.3 Å². The number of anilines is 1. The zero-order valence-corrected chi connectivity index (χ0v) is 15.9. The van der Waals surface area contributed by atoms with E-state index >= 15 is 0 Å². The molecule has 2 aromatic rings. The second kappa shape index (κ2) is 7.36. The quantitative estimate of drug-likeness (QED) is 0.832. The van der Waals surface area contributed by atoms with Gasteiger partial charge in [0, 0.05) is 13.1 Å². The zero-order chi connectivity index (χ0) is 18.8. The van der Waals surface area contributed by atoms with Gasteiger partial charge in [0.1, 0.15) is 4.90 Å². The maximum atomic E-state index is 12.9. The molecule has 1 saturated heterocycles. The van der Waals surface area contributed by atoms with E-state index in [0.29, 0.717) is 13.2 Å². The first-order valence-corrected chi connectivity index (χ1v) is 11.0. The van der Waals surface area contributed by atoms with Gasteiger partial charge in [-0.25, -0.2) is 16.8 Å². The van der Waals surface area contributed by atoms with E-state index in [2.05, 4.69) is 4.72 Å². The van der Waals surface area contributed by atoms with Crippen LogP contribution in [0, 0.1) is 6.92 Å². The Bertz CT molecular complexity index is 980. The average Bonchev–Trinajstić information content (AvgIpc) is 2.63. The Kier molecular flexibility index (Phi) is 5.33. The second-order valence-corrected chi connectivity index (χ2v) is 9.52. The van der Waals surface area contributed by atoms with Crippen LogP contribution >= 0.6 is 0 Å². The highest BCUT2D eigenvalue weighted by molar-refractivity contribution is 7.93. The second-order valence-electron chi connectivity index (χ2n) is 5.93. The Morgan fingerprint density at radius 2 is 1.54 bits per heavy atom. The summed E-state index contributed by atoms with van der Waals surface area (Å²) < 4.78 is 60.0. The predicted molar refractivity (Wildman–Crippen MR) is 98.0 cm³/mol. The maximum Gasteiger partial charge on any atom is 0.261 e. The van der Waals surface area contributed by atoms with Gasteiger partial charge in [0.05, 0.1) is 23.8 Å². The number of benzene rings is 2. The fraction of sp³-hybridized carbons (Fsp3) is 0.294. The molecular weight excluding hydrogens is 376 g/mol. The number of nitrogens with one attached hydrogen (secondary N) is 1. The summed E-state index contributed by atoms with van der Waals surface area (Å²) in [5, 5.41) is 0. The molecule has 1 fully saturated rings. The minimum atomic E-state index is -3.90. The van der Waals surface area contributed by atoms with Crippen LogP contribution in [-0.4, -0.2) is 47.4 Å². The number of rotatable bonds is 5. The number of aryl methyl sites for hydroxylation is 1. The molecule has 0 saturated carbocycles. The van der Waals surface area contributed by atoms with Crippen molar-refractivity contribution in [3.63, 3.8) is 0 Å². The zero-order valence-electron chi connectivity index (χ0n) is 14.3. The number of sulfonamides is 2. The summed E-state index contributed by atoms with van der Waals surface area (Å²) in [6, 6.07) is 12.3. The standard InChI is InChI=1S/C17H20N2O5S2/c1-14-6-8-15(9-7-14)25(20,21)18-16-4-2-3-5-17(16)26(22,23)19-10-12-24-13-11-19/h2-9,18H,10-13H2,1H3. The highest BCUT2D eigenvalue weighted by Crippen LogP contribution is 2.27. The number of morpholine rings is 1. The van der Waals surface area contributed by atoms with Crippen molar-refractivity contribution in [3.8, 4) is 0 Å². The largest absolute Gasteiger partial charge is 0.379 e. The molecule has 0 aromatic heterocycles. The van der Waals surface area contributed by atoms with Crippen LogP contribution in [0.2, 0.25) is 0 Å². The van der Waals surface area contributed by atoms with Crippen molar-refractivity contribution in [1.82, 2.24) is 4.31 Å². The SMILES string of the molecule is Cc1ccc(S(=O)(=O)Nc2ccccc2S(=O)(=O)N2CCOCC2)cc1. The Labute approximate surface area is 153 Å². The molecule has 0 spiro atoms. The number of para-hydroxylation sites is 1. The van der Waals surface area contributed by atoms with Crippen molar-refractivity contribution in [2.45, 2.75) is 16.7 Å². The van der Waals surface area contributed by atoms with Gasteiger partial charge in [-0.15, -0.1) is 0 Å². The summed E-state index contributed by atoms with van der Waals surface area (Å²) in [6.07, 6.45) is 0. The van der Waals surface area contributed by atoms with E-state index in [9.17, 15) is 16.8 Å². The molecule has 2 aromatic carbocycles. The Morgan fingerprint density at radius 3 is 2.19 bits per heavy atom. The smallest absolute Gasteiger partial charge is 0.261 e. The fourth-order valence-corrected chi connectivity index (χ4v) is 5.32. The molecule has 0 amide bonds. The lowest BCUT2D eigenvalue weighted by atomic mass is 10.2.